The van der Waals surface area contributed by atoms with Gasteiger partial charge >= 0.3 is 5.97 Å². The number of carboxylic acids is 1. The Labute approximate surface area is 103 Å². The van der Waals surface area contributed by atoms with Crippen LogP contribution in [-0.2, 0) is 4.79 Å². The SMILES string of the molecule is C#CCNC(C(=O)O)c1ccc(C)cc1Br. The van der Waals surface area contributed by atoms with Gasteiger partial charge in [-0.05, 0) is 24.1 Å². The Morgan fingerprint density at radius 1 is 1.69 bits per heavy atom. The molecule has 16 heavy (non-hydrogen) atoms. The molecule has 0 aliphatic carbocycles. The van der Waals surface area contributed by atoms with Crippen LogP contribution in [0.1, 0.15) is 17.2 Å². The molecule has 0 bridgehead atoms. The smallest absolute Gasteiger partial charge is 0.325 e. The van der Waals surface area contributed by atoms with Gasteiger partial charge in [0.1, 0.15) is 6.04 Å². The fourth-order valence-electron chi connectivity index (χ4n) is 1.36. The van der Waals surface area contributed by atoms with Crippen molar-refractivity contribution >= 4 is 21.9 Å². The van der Waals surface area contributed by atoms with Gasteiger partial charge in [0, 0.05) is 4.47 Å². The van der Waals surface area contributed by atoms with Gasteiger partial charge in [0.25, 0.3) is 0 Å². The number of aryl methyl sites for hydroxylation is 1. The van der Waals surface area contributed by atoms with Crippen molar-refractivity contribution in [3.63, 3.8) is 0 Å². The van der Waals surface area contributed by atoms with E-state index < -0.39 is 12.0 Å². The van der Waals surface area contributed by atoms with Crippen LogP contribution in [0.3, 0.4) is 0 Å². The molecule has 2 N–H and O–H groups in total. The summed E-state index contributed by atoms with van der Waals surface area (Å²) >= 11 is 3.35. The first-order valence-electron chi connectivity index (χ1n) is 4.72. The third kappa shape index (κ3) is 3.09. The number of hydrogen-bond donors (Lipinski definition) is 2. The van der Waals surface area contributed by atoms with E-state index >= 15 is 0 Å². The molecule has 0 saturated carbocycles. The Kier molecular flexibility index (Phi) is 4.53. The van der Waals surface area contributed by atoms with E-state index in [0.29, 0.717) is 5.56 Å². The highest BCUT2D eigenvalue weighted by Gasteiger charge is 2.20. The number of hydrogen-bond acceptors (Lipinski definition) is 2. The molecule has 1 rings (SSSR count). The minimum Gasteiger partial charge on any atom is -0.480 e. The molecule has 0 amide bonds. The molecule has 0 radical (unpaired) electrons. The van der Waals surface area contributed by atoms with Crippen molar-refractivity contribution in [3.8, 4) is 12.3 Å². The molecule has 0 spiro atoms. The molecule has 1 unspecified atom stereocenters. The van der Waals surface area contributed by atoms with E-state index in [-0.39, 0.29) is 6.54 Å². The molecule has 84 valence electrons. The minimum atomic E-state index is -0.945. The van der Waals surface area contributed by atoms with Gasteiger partial charge < -0.3 is 5.11 Å². The number of carbonyl (C=O) groups is 1. The van der Waals surface area contributed by atoms with Crippen LogP contribution in [0.4, 0.5) is 0 Å². The molecule has 3 nitrogen and oxygen atoms in total. The number of nitrogens with one attached hydrogen (secondary N) is 1. The summed E-state index contributed by atoms with van der Waals surface area (Å²) in [6.45, 7) is 2.16. The molecule has 0 aliphatic rings. The highest BCUT2D eigenvalue weighted by molar-refractivity contribution is 9.10. The molecule has 1 aromatic carbocycles. The molecular weight excluding hydrogens is 270 g/mol. The molecule has 0 aliphatic heterocycles. The zero-order valence-corrected chi connectivity index (χ0v) is 10.4. The van der Waals surface area contributed by atoms with Gasteiger partial charge in [0.2, 0.25) is 0 Å². The number of aliphatic carboxylic acids is 1. The Morgan fingerprint density at radius 2 is 2.38 bits per heavy atom. The zero-order valence-electron chi connectivity index (χ0n) is 8.83. The average molecular weight is 282 g/mol. The maximum absolute atomic E-state index is 11.1. The van der Waals surface area contributed by atoms with Crippen molar-refractivity contribution < 1.29 is 9.90 Å². The van der Waals surface area contributed by atoms with Gasteiger partial charge in [-0.3, -0.25) is 10.1 Å². The quantitative estimate of drug-likeness (QED) is 0.831. The van der Waals surface area contributed by atoms with Gasteiger partial charge in [-0.2, -0.15) is 0 Å². The standard InChI is InChI=1S/C12H12BrNO2/c1-3-6-14-11(12(15)16)9-5-4-8(2)7-10(9)13/h1,4-5,7,11,14H,6H2,2H3,(H,15,16). The van der Waals surface area contributed by atoms with Crippen LogP contribution < -0.4 is 5.32 Å². The van der Waals surface area contributed by atoms with E-state index in [1.165, 1.54) is 0 Å². The van der Waals surface area contributed by atoms with E-state index in [1.807, 2.05) is 19.1 Å². The lowest BCUT2D eigenvalue weighted by atomic mass is 10.1. The third-order valence-electron chi connectivity index (χ3n) is 2.12. The molecule has 0 fully saturated rings. The van der Waals surface area contributed by atoms with Crippen LogP contribution in [0, 0.1) is 19.3 Å². The van der Waals surface area contributed by atoms with Crippen molar-refractivity contribution in [3.05, 3.63) is 33.8 Å². The predicted molar refractivity (Wildman–Crippen MR) is 66.1 cm³/mol. The maximum Gasteiger partial charge on any atom is 0.325 e. The van der Waals surface area contributed by atoms with Crippen LogP contribution in [0.5, 0.6) is 0 Å². The summed E-state index contributed by atoms with van der Waals surface area (Å²) in [5, 5.41) is 11.9. The lowest BCUT2D eigenvalue weighted by Gasteiger charge is -2.15. The predicted octanol–water partition coefficient (Wildman–Crippen LogP) is 2.11. The van der Waals surface area contributed by atoms with E-state index in [9.17, 15) is 4.79 Å². The van der Waals surface area contributed by atoms with Gasteiger partial charge in [-0.25, -0.2) is 0 Å². The monoisotopic (exact) mass is 281 g/mol. The van der Waals surface area contributed by atoms with Crippen LogP contribution in [0.2, 0.25) is 0 Å². The Bertz CT molecular complexity index is 437. The van der Waals surface area contributed by atoms with E-state index in [2.05, 4.69) is 27.2 Å². The van der Waals surface area contributed by atoms with Crippen molar-refractivity contribution in [2.75, 3.05) is 6.54 Å². The molecule has 1 atom stereocenters. The summed E-state index contributed by atoms with van der Waals surface area (Å²) in [6.07, 6.45) is 5.10. The highest BCUT2D eigenvalue weighted by atomic mass is 79.9. The summed E-state index contributed by atoms with van der Waals surface area (Å²) < 4.78 is 0.768. The number of halogens is 1. The highest BCUT2D eigenvalue weighted by Crippen LogP contribution is 2.24. The molecule has 1 aromatic rings. The summed E-state index contributed by atoms with van der Waals surface area (Å²) in [4.78, 5) is 11.1. The van der Waals surface area contributed by atoms with Crippen LogP contribution in [0.25, 0.3) is 0 Å². The van der Waals surface area contributed by atoms with Crippen molar-refractivity contribution in [2.45, 2.75) is 13.0 Å². The van der Waals surface area contributed by atoms with E-state index in [0.717, 1.165) is 10.0 Å². The number of benzene rings is 1. The normalized spacial score (nSPS) is 11.8. The van der Waals surface area contributed by atoms with Crippen molar-refractivity contribution in [2.24, 2.45) is 0 Å². The Morgan fingerprint density at radius 3 is 2.88 bits per heavy atom. The molecule has 0 aromatic heterocycles. The van der Waals surface area contributed by atoms with E-state index in [1.54, 1.807) is 6.07 Å². The number of rotatable bonds is 4. The lowest BCUT2D eigenvalue weighted by molar-refractivity contribution is -0.139. The van der Waals surface area contributed by atoms with E-state index in [4.69, 9.17) is 11.5 Å². The zero-order chi connectivity index (χ0) is 12.1. The fraction of sp³-hybridized carbons (Fsp3) is 0.250. The van der Waals surface area contributed by atoms with Gasteiger partial charge in [-0.1, -0.05) is 34.0 Å². The van der Waals surface area contributed by atoms with Gasteiger partial charge in [0.15, 0.2) is 0 Å². The topological polar surface area (TPSA) is 49.3 Å². The van der Waals surface area contributed by atoms with Crippen LogP contribution in [0.15, 0.2) is 22.7 Å². The van der Waals surface area contributed by atoms with Crippen LogP contribution >= 0.6 is 15.9 Å². The van der Waals surface area contributed by atoms with Crippen molar-refractivity contribution in [1.82, 2.24) is 5.32 Å². The summed E-state index contributed by atoms with van der Waals surface area (Å²) in [5.74, 6) is 1.42. The number of terminal acetylenes is 1. The Balaban J connectivity index is 3.02. The van der Waals surface area contributed by atoms with Crippen molar-refractivity contribution in [1.29, 1.82) is 0 Å². The first kappa shape index (κ1) is 12.8. The first-order valence-corrected chi connectivity index (χ1v) is 5.51. The summed E-state index contributed by atoms with van der Waals surface area (Å²) in [6, 6.07) is 4.74. The second-order valence-electron chi connectivity index (χ2n) is 3.38. The summed E-state index contributed by atoms with van der Waals surface area (Å²) in [5.41, 5.74) is 1.74. The average Bonchev–Trinajstić information content (AvgIpc) is 2.20. The summed E-state index contributed by atoms with van der Waals surface area (Å²) in [7, 11) is 0. The maximum atomic E-state index is 11.1. The molecule has 4 heteroatoms. The fourth-order valence-corrected chi connectivity index (χ4v) is 2.08. The largest absolute Gasteiger partial charge is 0.480 e. The second-order valence-corrected chi connectivity index (χ2v) is 4.24. The Hall–Kier alpha value is -1.31. The second kappa shape index (κ2) is 5.69. The molecular formula is C12H12BrNO2. The lowest BCUT2D eigenvalue weighted by Crippen LogP contribution is -2.29. The minimum absolute atomic E-state index is 0.220. The molecule has 0 heterocycles. The molecule has 0 saturated heterocycles. The van der Waals surface area contributed by atoms with Gasteiger partial charge in [-0.15, -0.1) is 6.42 Å². The third-order valence-corrected chi connectivity index (χ3v) is 2.81. The van der Waals surface area contributed by atoms with Gasteiger partial charge in [0.05, 0.1) is 6.54 Å². The first-order chi connectivity index (χ1) is 7.56. The van der Waals surface area contributed by atoms with Crippen LogP contribution in [-0.4, -0.2) is 17.6 Å². The number of carboxylic acid groups (broad SMARTS) is 1.